The molecule has 8 heteroatoms. The Kier molecular flexibility index (Phi) is 10.5. The molecule has 6 nitrogen and oxygen atoms in total. The van der Waals surface area contributed by atoms with Crippen LogP contribution >= 0.6 is 23.1 Å². The van der Waals surface area contributed by atoms with Crippen LogP contribution in [0.3, 0.4) is 0 Å². The molecule has 0 spiro atoms. The van der Waals surface area contributed by atoms with Gasteiger partial charge in [-0.2, -0.15) is 0 Å². The molecule has 0 atom stereocenters. The fraction of sp³-hybridized carbons (Fsp3) is 0.179. The Balaban J connectivity index is 1.09. The third kappa shape index (κ3) is 8.21. The second-order valence-electron chi connectivity index (χ2n) is 11.4. The zero-order valence-electron chi connectivity index (χ0n) is 26.5. The number of nitrogens with one attached hydrogen (secondary N) is 1. The number of nitrogens with zero attached hydrogens (tertiary/aromatic N) is 2. The van der Waals surface area contributed by atoms with Gasteiger partial charge in [0.1, 0.15) is 5.75 Å². The van der Waals surface area contributed by atoms with Crippen LogP contribution in [0.15, 0.2) is 126 Å². The topological polar surface area (TPSA) is 63.6 Å². The third-order valence-electron chi connectivity index (χ3n) is 8.08. The summed E-state index contributed by atoms with van der Waals surface area (Å²) >= 11 is 3.29. The summed E-state index contributed by atoms with van der Waals surface area (Å²) in [5, 5.41) is 5.73. The molecule has 0 saturated heterocycles. The lowest BCUT2D eigenvalue weighted by atomic mass is 10.1. The fourth-order valence-electron chi connectivity index (χ4n) is 5.61. The number of rotatable bonds is 14. The van der Waals surface area contributed by atoms with Crippen molar-refractivity contribution in [2.75, 3.05) is 19.4 Å². The quantitative estimate of drug-likeness (QED) is 0.0944. The number of thiophene rings is 1. The van der Waals surface area contributed by atoms with Gasteiger partial charge in [0.25, 0.3) is 5.91 Å². The van der Waals surface area contributed by atoms with E-state index < -0.39 is 0 Å². The van der Waals surface area contributed by atoms with Crippen molar-refractivity contribution in [2.24, 2.45) is 7.05 Å². The van der Waals surface area contributed by atoms with Crippen LogP contribution < -0.4 is 10.1 Å². The highest BCUT2D eigenvalue weighted by Gasteiger charge is 2.18. The van der Waals surface area contributed by atoms with Gasteiger partial charge in [0.15, 0.2) is 0 Å². The molecule has 47 heavy (non-hydrogen) atoms. The molecule has 0 radical (unpaired) electrons. The molecule has 2 heterocycles. The highest BCUT2D eigenvalue weighted by molar-refractivity contribution is 7.99. The van der Waals surface area contributed by atoms with E-state index >= 15 is 0 Å². The normalized spacial score (nSPS) is 11.2. The van der Waals surface area contributed by atoms with Gasteiger partial charge in [-0.3, -0.25) is 14.5 Å². The number of hydrogen-bond acceptors (Lipinski definition) is 6. The van der Waals surface area contributed by atoms with E-state index in [1.165, 1.54) is 27.4 Å². The minimum Gasteiger partial charge on any atom is -0.497 e. The van der Waals surface area contributed by atoms with Crippen LogP contribution in [0, 0.1) is 0 Å². The number of benzene rings is 4. The Labute approximate surface area is 284 Å². The Morgan fingerprint density at radius 2 is 1.64 bits per heavy atom. The van der Waals surface area contributed by atoms with Crippen molar-refractivity contribution in [3.63, 3.8) is 0 Å². The lowest BCUT2D eigenvalue weighted by Crippen LogP contribution is -2.25. The molecule has 1 N–H and O–H groups in total. The molecular weight excluding hydrogens is 623 g/mol. The summed E-state index contributed by atoms with van der Waals surface area (Å²) in [5.74, 6) is 1.65. The van der Waals surface area contributed by atoms with Crippen molar-refractivity contribution in [1.29, 1.82) is 0 Å². The van der Waals surface area contributed by atoms with E-state index in [0.29, 0.717) is 22.5 Å². The van der Waals surface area contributed by atoms with Crippen LogP contribution in [-0.2, 0) is 26.7 Å². The molecule has 0 unspecified atom stereocenters. The Morgan fingerprint density at radius 3 is 2.40 bits per heavy atom. The zero-order valence-corrected chi connectivity index (χ0v) is 28.2. The fourth-order valence-corrected chi connectivity index (χ4v) is 7.22. The van der Waals surface area contributed by atoms with Gasteiger partial charge in [0.2, 0.25) is 5.78 Å². The van der Waals surface area contributed by atoms with Crippen LogP contribution in [0.4, 0.5) is 0 Å². The van der Waals surface area contributed by atoms with Crippen LogP contribution in [0.1, 0.15) is 42.3 Å². The maximum atomic E-state index is 13.2. The maximum Gasteiger partial charge on any atom is 0.251 e. The van der Waals surface area contributed by atoms with Crippen molar-refractivity contribution in [1.82, 2.24) is 14.8 Å². The van der Waals surface area contributed by atoms with Crippen molar-refractivity contribution in [3.05, 3.63) is 153 Å². The predicted octanol–water partition coefficient (Wildman–Crippen LogP) is 8.20. The average Bonchev–Trinajstić information content (AvgIpc) is 3.76. The number of aromatic nitrogens is 1. The average molecular weight is 660 g/mol. The molecule has 2 aromatic heterocycles. The summed E-state index contributed by atoms with van der Waals surface area (Å²) in [6, 6.07) is 36.4. The Bertz CT molecular complexity index is 1950. The van der Waals surface area contributed by atoms with Gasteiger partial charge in [-0.15, -0.1) is 23.1 Å². The van der Waals surface area contributed by atoms with E-state index in [1.54, 1.807) is 7.11 Å². The first kappa shape index (κ1) is 32.3. The smallest absolute Gasteiger partial charge is 0.251 e. The number of hydrogen-bond donors (Lipinski definition) is 1. The standard InChI is InChI=1S/C39H37N3O3S2/c1-41-27-35(38(43)37-12-7-20-47-37)34-23-31(17-18-36(34)41)39(44)40-24-28-13-15-29(16-14-28)25-42(19-21-46-33-10-4-3-5-11-33)26-30-8-6-9-32(22-30)45-2/h3-18,20,22-23,27H,19,21,24-26H2,1-2H3,(H,40,44). The monoisotopic (exact) mass is 659 g/mol. The van der Waals surface area contributed by atoms with Crippen LogP contribution in [0.2, 0.25) is 0 Å². The maximum absolute atomic E-state index is 13.2. The van der Waals surface area contributed by atoms with Gasteiger partial charge < -0.3 is 14.6 Å². The molecule has 0 bridgehead atoms. The van der Waals surface area contributed by atoms with Gasteiger partial charge >= 0.3 is 0 Å². The summed E-state index contributed by atoms with van der Waals surface area (Å²) in [4.78, 5) is 30.7. The van der Waals surface area contributed by atoms with Crippen LogP contribution in [-0.4, -0.2) is 40.6 Å². The molecule has 1 amide bonds. The molecule has 0 aliphatic heterocycles. The van der Waals surface area contributed by atoms with E-state index in [9.17, 15) is 9.59 Å². The number of thioether (sulfide) groups is 1. The van der Waals surface area contributed by atoms with Gasteiger partial charge in [-0.25, -0.2) is 0 Å². The Hall–Kier alpha value is -4.63. The van der Waals surface area contributed by atoms with Crippen LogP contribution in [0.5, 0.6) is 5.75 Å². The first-order chi connectivity index (χ1) is 23.0. The third-order valence-corrected chi connectivity index (χ3v) is 9.94. The first-order valence-corrected chi connectivity index (χ1v) is 17.4. The number of methoxy groups -OCH3 is 1. The minimum absolute atomic E-state index is 0.0275. The number of carbonyl (C=O) groups is 2. The molecule has 0 fully saturated rings. The molecule has 0 aliphatic carbocycles. The predicted molar refractivity (Wildman–Crippen MR) is 193 cm³/mol. The summed E-state index contributed by atoms with van der Waals surface area (Å²) < 4.78 is 7.39. The number of ketones is 1. The lowest BCUT2D eigenvalue weighted by Gasteiger charge is -2.23. The number of carbonyl (C=O) groups excluding carboxylic acids is 2. The van der Waals surface area contributed by atoms with E-state index in [0.717, 1.165) is 47.6 Å². The van der Waals surface area contributed by atoms with Crippen LogP contribution in [0.25, 0.3) is 10.9 Å². The first-order valence-electron chi connectivity index (χ1n) is 15.5. The summed E-state index contributed by atoms with van der Waals surface area (Å²) in [7, 11) is 3.61. The summed E-state index contributed by atoms with van der Waals surface area (Å²) in [5.41, 5.74) is 5.50. The number of fused-ring (bicyclic) bond motifs is 1. The van der Waals surface area contributed by atoms with Gasteiger partial charge in [0.05, 0.1) is 12.0 Å². The van der Waals surface area contributed by atoms with Gasteiger partial charge in [-0.1, -0.05) is 60.7 Å². The molecule has 4 aromatic carbocycles. The zero-order chi connectivity index (χ0) is 32.6. The highest BCUT2D eigenvalue weighted by Crippen LogP contribution is 2.26. The molecule has 6 rings (SSSR count). The molecule has 0 saturated carbocycles. The minimum atomic E-state index is -0.172. The van der Waals surface area contributed by atoms with Gasteiger partial charge in [0, 0.05) is 72.1 Å². The second-order valence-corrected chi connectivity index (χ2v) is 13.5. The molecule has 6 aromatic rings. The summed E-state index contributed by atoms with van der Waals surface area (Å²) in [6.07, 6.45) is 1.84. The molecular formula is C39H37N3O3S2. The SMILES string of the molecule is COc1cccc(CN(CCSc2ccccc2)Cc2ccc(CNC(=O)c3ccc4c(c3)c(C(=O)c3cccs3)cn4C)cc2)c1. The number of ether oxygens (including phenoxy) is 1. The molecule has 238 valence electrons. The lowest BCUT2D eigenvalue weighted by molar-refractivity contribution is 0.0950. The van der Waals surface area contributed by atoms with Gasteiger partial charge in [-0.05, 0) is 70.6 Å². The van der Waals surface area contributed by atoms with E-state index in [1.807, 2.05) is 83.5 Å². The molecule has 0 aliphatic rings. The van der Waals surface area contributed by atoms with E-state index in [2.05, 4.69) is 70.9 Å². The summed E-state index contributed by atoms with van der Waals surface area (Å²) in [6.45, 7) is 2.97. The van der Waals surface area contributed by atoms with Crippen molar-refractivity contribution >= 4 is 45.7 Å². The largest absolute Gasteiger partial charge is 0.497 e. The van der Waals surface area contributed by atoms with E-state index in [4.69, 9.17) is 4.74 Å². The van der Waals surface area contributed by atoms with Crippen molar-refractivity contribution < 1.29 is 14.3 Å². The number of amides is 1. The van der Waals surface area contributed by atoms with Crippen molar-refractivity contribution in [3.8, 4) is 5.75 Å². The van der Waals surface area contributed by atoms with E-state index in [-0.39, 0.29) is 11.7 Å². The van der Waals surface area contributed by atoms with Crippen molar-refractivity contribution in [2.45, 2.75) is 24.5 Å². The highest BCUT2D eigenvalue weighted by atomic mass is 32.2. The Morgan fingerprint density at radius 1 is 0.851 bits per heavy atom. The number of aryl methyl sites for hydroxylation is 1. The second kappa shape index (κ2) is 15.3.